The van der Waals surface area contributed by atoms with Crippen LogP contribution in [-0.4, -0.2) is 13.4 Å². The number of aryl methyl sites for hydroxylation is 2. The number of nitrogens with two attached hydrogens (primary N) is 1. The monoisotopic (exact) mass is 329 g/mol. The highest BCUT2D eigenvalue weighted by atomic mass is 32.2. The number of nitrogens with zero attached hydrogens (tertiary/aromatic N) is 1. The minimum Gasteiger partial charge on any atom is -0.326 e. The largest absolute Gasteiger partial charge is 0.326 e. The van der Waals surface area contributed by atoms with E-state index in [0.717, 1.165) is 4.88 Å². The lowest BCUT2D eigenvalue weighted by Crippen LogP contribution is -2.23. The van der Waals surface area contributed by atoms with Crippen LogP contribution in [-0.2, 0) is 23.1 Å². The molecule has 1 aromatic heterocycles. The molecule has 0 saturated carbocycles. The second-order valence-electron chi connectivity index (χ2n) is 4.61. The molecule has 114 valence electrons. The van der Waals surface area contributed by atoms with Crippen molar-refractivity contribution < 1.29 is 12.8 Å². The predicted molar refractivity (Wildman–Crippen MR) is 79.9 cm³/mol. The first-order chi connectivity index (χ1) is 9.83. The molecule has 2 aromatic rings. The Balaban J connectivity index is 2.25. The molecule has 0 radical (unpaired) electrons. The zero-order chi connectivity index (χ0) is 15.6. The zero-order valence-corrected chi connectivity index (χ0v) is 13.3. The van der Waals surface area contributed by atoms with Gasteiger partial charge in [0.15, 0.2) is 0 Å². The maximum atomic E-state index is 13.7. The summed E-state index contributed by atoms with van der Waals surface area (Å²) in [6, 6.07) is 2.56. The number of sulfonamides is 1. The average molecular weight is 329 g/mol. The van der Waals surface area contributed by atoms with Crippen molar-refractivity contribution >= 4 is 21.4 Å². The maximum Gasteiger partial charge on any atom is 0.240 e. The van der Waals surface area contributed by atoms with E-state index in [2.05, 4.69) is 9.71 Å². The van der Waals surface area contributed by atoms with Gasteiger partial charge in [-0.2, -0.15) is 0 Å². The molecule has 21 heavy (non-hydrogen) atoms. The van der Waals surface area contributed by atoms with Gasteiger partial charge in [0, 0.05) is 23.2 Å². The van der Waals surface area contributed by atoms with Crippen LogP contribution in [0.2, 0.25) is 0 Å². The molecule has 0 saturated heterocycles. The third-order valence-corrected chi connectivity index (χ3v) is 5.21. The Morgan fingerprint density at radius 1 is 1.38 bits per heavy atom. The molecule has 0 bridgehead atoms. The van der Waals surface area contributed by atoms with Crippen LogP contribution in [0.15, 0.2) is 23.2 Å². The van der Waals surface area contributed by atoms with Crippen molar-refractivity contribution in [2.24, 2.45) is 5.73 Å². The SMILES string of the molecule is Cc1cnc(CNS(=O)(=O)c2cc(C)c(F)c(CN)c2)s1. The van der Waals surface area contributed by atoms with E-state index in [4.69, 9.17) is 5.73 Å². The van der Waals surface area contributed by atoms with E-state index < -0.39 is 15.8 Å². The summed E-state index contributed by atoms with van der Waals surface area (Å²) in [6.07, 6.45) is 1.68. The van der Waals surface area contributed by atoms with Crippen LogP contribution in [0.5, 0.6) is 0 Å². The molecule has 5 nitrogen and oxygen atoms in total. The van der Waals surface area contributed by atoms with Gasteiger partial charge < -0.3 is 5.73 Å². The number of rotatable bonds is 5. The first-order valence-electron chi connectivity index (χ1n) is 6.23. The number of hydrogen-bond donors (Lipinski definition) is 2. The fourth-order valence-electron chi connectivity index (χ4n) is 1.83. The zero-order valence-electron chi connectivity index (χ0n) is 11.7. The van der Waals surface area contributed by atoms with Crippen molar-refractivity contribution in [3.8, 4) is 0 Å². The van der Waals surface area contributed by atoms with Gasteiger partial charge >= 0.3 is 0 Å². The molecule has 0 unspecified atom stereocenters. The Morgan fingerprint density at radius 3 is 2.67 bits per heavy atom. The number of benzene rings is 1. The van der Waals surface area contributed by atoms with E-state index in [9.17, 15) is 12.8 Å². The summed E-state index contributed by atoms with van der Waals surface area (Å²) < 4.78 is 40.7. The fourth-order valence-corrected chi connectivity index (χ4v) is 3.77. The van der Waals surface area contributed by atoms with Gasteiger partial charge in [-0.1, -0.05) is 0 Å². The molecule has 0 fully saturated rings. The molecule has 0 atom stereocenters. The Morgan fingerprint density at radius 2 is 2.10 bits per heavy atom. The van der Waals surface area contributed by atoms with Crippen molar-refractivity contribution in [1.82, 2.24) is 9.71 Å². The standard InChI is InChI=1S/C13H16FN3O2S2/c1-8-3-11(4-10(5-15)13(8)14)21(18,19)17-7-12-16-6-9(2)20-12/h3-4,6,17H,5,7,15H2,1-2H3. The van der Waals surface area contributed by atoms with Crippen LogP contribution in [0.25, 0.3) is 0 Å². The predicted octanol–water partition coefficient (Wildman–Crippen LogP) is 1.84. The minimum atomic E-state index is -3.73. The quantitative estimate of drug-likeness (QED) is 0.876. The molecule has 3 N–H and O–H groups in total. The molecule has 8 heteroatoms. The molecule has 0 aliphatic heterocycles. The highest BCUT2D eigenvalue weighted by Crippen LogP contribution is 2.19. The smallest absolute Gasteiger partial charge is 0.240 e. The average Bonchev–Trinajstić information content (AvgIpc) is 2.85. The van der Waals surface area contributed by atoms with Gasteiger partial charge in [0.1, 0.15) is 10.8 Å². The fraction of sp³-hybridized carbons (Fsp3) is 0.308. The van der Waals surface area contributed by atoms with Crippen molar-refractivity contribution in [3.63, 3.8) is 0 Å². The summed E-state index contributed by atoms with van der Waals surface area (Å²) in [7, 11) is -3.73. The molecule has 0 spiro atoms. The van der Waals surface area contributed by atoms with Gasteiger partial charge in [0.2, 0.25) is 10.0 Å². The number of aromatic nitrogens is 1. The molecule has 1 heterocycles. The van der Waals surface area contributed by atoms with Crippen LogP contribution < -0.4 is 10.5 Å². The molecule has 2 rings (SSSR count). The highest BCUT2D eigenvalue weighted by molar-refractivity contribution is 7.89. The van der Waals surface area contributed by atoms with Gasteiger partial charge in [-0.15, -0.1) is 11.3 Å². The van der Waals surface area contributed by atoms with Crippen LogP contribution >= 0.6 is 11.3 Å². The normalized spacial score (nSPS) is 11.8. The van der Waals surface area contributed by atoms with Crippen LogP contribution in [0.3, 0.4) is 0 Å². The van der Waals surface area contributed by atoms with E-state index in [-0.39, 0.29) is 29.1 Å². The topological polar surface area (TPSA) is 85.1 Å². The van der Waals surface area contributed by atoms with E-state index >= 15 is 0 Å². The molecule has 0 aliphatic rings. The van der Waals surface area contributed by atoms with Gasteiger partial charge in [-0.25, -0.2) is 22.5 Å². The summed E-state index contributed by atoms with van der Waals surface area (Å²) >= 11 is 1.42. The van der Waals surface area contributed by atoms with Gasteiger partial charge in [-0.3, -0.25) is 0 Å². The van der Waals surface area contributed by atoms with Crippen molar-refractivity contribution in [2.75, 3.05) is 0 Å². The summed E-state index contributed by atoms with van der Waals surface area (Å²) in [5.41, 5.74) is 5.87. The van der Waals surface area contributed by atoms with Crippen LogP contribution in [0.4, 0.5) is 4.39 Å². The molecule has 1 aromatic carbocycles. The molecule has 0 amide bonds. The van der Waals surface area contributed by atoms with Gasteiger partial charge in [0.25, 0.3) is 0 Å². The second kappa shape index (κ2) is 6.18. The van der Waals surface area contributed by atoms with E-state index in [1.54, 1.807) is 6.20 Å². The third kappa shape index (κ3) is 3.65. The third-order valence-electron chi connectivity index (χ3n) is 2.92. The Bertz CT molecular complexity index is 757. The van der Waals surface area contributed by atoms with E-state index in [1.165, 1.54) is 30.4 Å². The maximum absolute atomic E-state index is 13.7. The van der Waals surface area contributed by atoms with Crippen LogP contribution in [0.1, 0.15) is 21.0 Å². The van der Waals surface area contributed by atoms with Crippen LogP contribution in [0, 0.1) is 19.7 Å². The van der Waals surface area contributed by atoms with Crippen molar-refractivity contribution in [3.05, 3.63) is 45.2 Å². The summed E-state index contributed by atoms with van der Waals surface area (Å²) in [5.74, 6) is -0.466. The molecular formula is C13H16FN3O2S2. The first-order valence-corrected chi connectivity index (χ1v) is 8.53. The Kier molecular flexibility index (Phi) is 4.72. The summed E-state index contributed by atoms with van der Waals surface area (Å²) in [4.78, 5) is 5.11. The lowest BCUT2D eigenvalue weighted by Gasteiger charge is -2.10. The number of halogens is 1. The van der Waals surface area contributed by atoms with E-state index in [1.807, 2.05) is 6.92 Å². The van der Waals surface area contributed by atoms with Crippen molar-refractivity contribution in [2.45, 2.75) is 31.8 Å². The second-order valence-corrected chi connectivity index (χ2v) is 7.69. The Labute approximate surface area is 127 Å². The lowest BCUT2D eigenvalue weighted by molar-refractivity contribution is 0.577. The lowest BCUT2D eigenvalue weighted by atomic mass is 10.1. The highest BCUT2D eigenvalue weighted by Gasteiger charge is 2.18. The summed E-state index contributed by atoms with van der Waals surface area (Å²) in [6.45, 7) is 3.46. The molecule has 0 aliphatic carbocycles. The first kappa shape index (κ1) is 16.0. The number of thiazole rings is 1. The van der Waals surface area contributed by atoms with Crippen molar-refractivity contribution in [1.29, 1.82) is 0 Å². The number of nitrogens with one attached hydrogen (secondary N) is 1. The van der Waals surface area contributed by atoms with E-state index in [0.29, 0.717) is 5.01 Å². The Hall–Kier alpha value is -1.35. The van der Waals surface area contributed by atoms with Gasteiger partial charge in [0.05, 0.1) is 11.4 Å². The summed E-state index contributed by atoms with van der Waals surface area (Å²) in [5, 5.41) is 0.675. The number of hydrogen-bond acceptors (Lipinski definition) is 5. The van der Waals surface area contributed by atoms with Gasteiger partial charge in [-0.05, 0) is 31.5 Å². The molecular weight excluding hydrogens is 313 g/mol. The minimum absolute atomic E-state index is 0.00938.